The summed E-state index contributed by atoms with van der Waals surface area (Å²) < 4.78 is 82.0. The molecule has 5 nitrogen and oxygen atoms in total. The lowest BCUT2D eigenvalue weighted by Crippen LogP contribution is -2.28. The molecule has 0 atom stereocenters. The van der Waals surface area contributed by atoms with Crippen molar-refractivity contribution in [1.29, 1.82) is 5.26 Å². The highest BCUT2D eigenvalue weighted by atomic mass is 32.2. The van der Waals surface area contributed by atoms with Gasteiger partial charge in [0, 0.05) is 10.4 Å². The summed E-state index contributed by atoms with van der Waals surface area (Å²) in [6, 6.07) is 15.8. The smallest absolute Gasteiger partial charge is 0.302 e. The minimum atomic E-state index is -4.98. The molecule has 0 saturated heterocycles. The van der Waals surface area contributed by atoms with E-state index >= 15 is 0 Å². The molecule has 39 heavy (non-hydrogen) atoms. The molecule has 4 rings (SSSR count). The van der Waals surface area contributed by atoms with Gasteiger partial charge in [0.05, 0.1) is 33.3 Å². The monoisotopic (exact) mass is 574 g/mol. The van der Waals surface area contributed by atoms with Gasteiger partial charge in [0.1, 0.15) is 17.4 Å². The van der Waals surface area contributed by atoms with Crippen LogP contribution in [-0.4, -0.2) is 18.7 Å². The van der Waals surface area contributed by atoms with E-state index < -0.39 is 45.1 Å². The van der Waals surface area contributed by atoms with Gasteiger partial charge in [-0.15, -0.1) is 11.3 Å². The van der Waals surface area contributed by atoms with E-state index in [1.165, 1.54) is 43.3 Å². The summed E-state index contributed by atoms with van der Waals surface area (Å²) in [5.74, 6) is -0.717. The number of benzene rings is 2. The molecular weight excluding hydrogens is 552 g/mol. The molecule has 0 amide bonds. The van der Waals surface area contributed by atoms with E-state index in [2.05, 4.69) is 0 Å². The highest BCUT2D eigenvalue weighted by Gasteiger charge is 2.37. The lowest BCUT2D eigenvalue weighted by molar-refractivity contribution is -0.137. The van der Waals surface area contributed by atoms with Crippen LogP contribution < -0.4 is 5.56 Å². The fraction of sp³-hybridized carbons (Fsp3) is 0.214. The molecule has 0 bridgehead atoms. The highest BCUT2D eigenvalue weighted by molar-refractivity contribution is 7.91. The van der Waals surface area contributed by atoms with E-state index in [-0.39, 0.29) is 26.8 Å². The second kappa shape index (κ2) is 10.8. The molecule has 0 saturated carbocycles. The second-order valence-corrected chi connectivity index (χ2v) is 12.1. The molecule has 0 N–H and O–H groups in total. The number of alkyl halides is 3. The largest absolute Gasteiger partial charge is 0.417 e. The van der Waals surface area contributed by atoms with Crippen molar-refractivity contribution in [2.45, 2.75) is 37.9 Å². The quantitative estimate of drug-likeness (QED) is 0.231. The third-order valence-electron chi connectivity index (χ3n) is 6.29. The van der Waals surface area contributed by atoms with E-state index in [1.807, 2.05) is 6.92 Å². The average Bonchev–Trinajstić information content (AvgIpc) is 3.40. The van der Waals surface area contributed by atoms with E-state index in [0.717, 1.165) is 22.0 Å². The van der Waals surface area contributed by atoms with Crippen LogP contribution in [0.3, 0.4) is 0 Å². The first-order chi connectivity index (χ1) is 18.4. The molecule has 0 aliphatic heterocycles. The summed E-state index contributed by atoms with van der Waals surface area (Å²) >= 11 is 1.04. The van der Waals surface area contributed by atoms with Crippen molar-refractivity contribution in [3.63, 3.8) is 0 Å². The van der Waals surface area contributed by atoms with E-state index in [4.69, 9.17) is 0 Å². The Morgan fingerprint density at radius 1 is 1.00 bits per heavy atom. The zero-order chi connectivity index (χ0) is 28.5. The number of halogens is 4. The molecule has 0 unspecified atom stereocenters. The Morgan fingerprint density at radius 2 is 1.72 bits per heavy atom. The topological polar surface area (TPSA) is 79.9 Å². The number of nitriles is 1. The van der Waals surface area contributed by atoms with Crippen molar-refractivity contribution >= 4 is 21.2 Å². The predicted molar refractivity (Wildman–Crippen MR) is 142 cm³/mol. The average molecular weight is 575 g/mol. The van der Waals surface area contributed by atoms with Gasteiger partial charge in [-0.3, -0.25) is 4.79 Å². The number of aromatic nitrogens is 1. The van der Waals surface area contributed by atoms with Crippen LogP contribution in [0, 0.1) is 17.1 Å². The number of aryl methyl sites for hydroxylation is 1. The van der Waals surface area contributed by atoms with Gasteiger partial charge in [-0.25, -0.2) is 12.8 Å². The number of sulfone groups is 1. The van der Waals surface area contributed by atoms with Crippen LogP contribution in [0.25, 0.3) is 21.0 Å². The predicted octanol–water partition coefficient (Wildman–Crippen LogP) is 6.68. The Morgan fingerprint density at radius 3 is 2.33 bits per heavy atom. The standard InChI is InChI=1S/C28H22F4N2O3S2/c1-3-17-8-9-19(23(29)12-17)16-34-24(14-22(28(30,31)32)21(15-33)27(34)35)26-11-10-25(38-26)18-6-5-7-20(13-18)39(36,37)4-2/h5-14H,3-4,16H2,1-2H3. The van der Waals surface area contributed by atoms with Crippen LogP contribution in [0.1, 0.15) is 36.1 Å². The van der Waals surface area contributed by atoms with Gasteiger partial charge in [0.25, 0.3) is 5.56 Å². The molecule has 0 fully saturated rings. The Labute approximate surface area is 226 Å². The fourth-order valence-corrected chi connectivity index (χ4v) is 6.04. The Bertz CT molecular complexity index is 1760. The molecule has 0 aliphatic rings. The van der Waals surface area contributed by atoms with Crippen LogP contribution in [0.15, 0.2) is 70.4 Å². The summed E-state index contributed by atoms with van der Waals surface area (Å²) in [6.07, 6.45) is -4.41. The normalized spacial score (nSPS) is 11.9. The van der Waals surface area contributed by atoms with Crippen molar-refractivity contribution in [2.75, 3.05) is 5.75 Å². The summed E-state index contributed by atoms with van der Waals surface area (Å²) in [6.45, 7) is 2.97. The highest BCUT2D eigenvalue weighted by Crippen LogP contribution is 2.38. The first-order valence-electron chi connectivity index (χ1n) is 11.9. The number of pyridine rings is 1. The second-order valence-electron chi connectivity index (χ2n) is 8.69. The van der Waals surface area contributed by atoms with Gasteiger partial charge >= 0.3 is 6.18 Å². The summed E-state index contributed by atoms with van der Waals surface area (Å²) in [5.41, 5.74) is -2.47. The Kier molecular flexibility index (Phi) is 7.82. The number of rotatable bonds is 7. The molecule has 2 aromatic carbocycles. The van der Waals surface area contributed by atoms with Crippen LogP contribution in [0.4, 0.5) is 17.6 Å². The van der Waals surface area contributed by atoms with Crippen molar-refractivity contribution in [2.24, 2.45) is 0 Å². The maximum absolute atomic E-state index is 14.8. The molecule has 4 aromatic rings. The van der Waals surface area contributed by atoms with Crippen LogP contribution in [0.5, 0.6) is 0 Å². The van der Waals surface area contributed by atoms with Gasteiger partial charge in [-0.2, -0.15) is 18.4 Å². The molecular formula is C28H22F4N2O3S2. The van der Waals surface area contributed by atoms with Crippen molar-refractivity contribution in [3.05, 3.63) is 99.1 Å². The zero-order valence-electron chi connectivity index (χ0n) is 20.8. The summed E-state index contributed by atoms with van der Waals surface area (Å²) in [4.78, 5) is 14.1. The maximum atomic E-state index is 14.8. The van der Waals surface area contributed by atoms with Crippen molar-refractivity contribution < 1.29 is 26.0 Å². The van der Waals surface area contributed by atoms with Crippen molar-refractivity contribution in [3.8, 4) is 27.1 Å². The van der Waals surface area contributed by atoms with Crippen LogP contribution in [0.2, 0.25) is 0 Å². The van der Waals surface area contributed by atoms with Gasteiger partial charge in [-0.1, -0.05) is 38.1 Å². The molecule has 0 spiro atoms. The minimum absolute atomic E-state index is 0.0773. The molecule has 11 heteroatoms. The molecule has 0 aliphatic carbocycles. The first kappa shape index (κ1) is 28.3. The summed E-state index contributed by atoms with van der Waals surface area (Å²) in [5, 5.41) is 9.42. The summed E-state index contributed by atoms with van der Waals surface area (Å²) in [7, 11) is -3.49. The van der Waals surface area contributed by atoms with Crippen molar-refractivity contribution in [1.82, 2.24) is 4.57 Å². The van der Waals surface area contributed by atoms with E-state index in [1.54, 1.807) is 24.3 Å². The number of hydrogen-bond acceptors (Lipinski definition) is 5. The Hall–Kier alpha value is -3.75. The van der Waals surface area contributed by atoms with Gasteiger partial charge in [0.2, 0.25) is 0 Å². The third kappa shape index (κ3) is 5.67. The van der Waals surface area contributed by atoms with Gasteiger partial charge in [-0.05, 0) is 53.9 Å². The van der Waals surface area contributed by atoms with Gasteiger partial charge in [0.15, 0.2) is 9.84 Å². The molecule has 2 heterocycles. The van der Waals surface area contributed by atoms with E-state index in [0.29, 0.717) is 22.4 Å². The van der Waals surface area contributed by atoms with E-state index in [9.17, 15) is 36.0 Å². The lowest BCUT2D eigenvalue weighted by Gasteiger charge is -2.17. The minimum Gasteiger partial charge on any atom is -0.302 e. The van der Waals surface area contributed by atoms with Crippen LogP contribution in [-0.2, 0) is 29.0 Å². The maximum Gasteiger partial charge on any atom is 0.417 e. The zero-order valence-corrected chi connectivity index (χ0v) is 22.5. The van der Waals surface area contributed by atoms with Gasteiger partial charge < -0.3 is 4.57 Å². The number of thiophene rings is 1. The molecule has 0 radical (unpaired) electrons. The molecule has 202 valence electrons. The lowest BCUT2D eigenvalue weighted by atomic mass is 10.1. The molecule has 2 aromatic heterocycles. The fourth-order valence-electron chi connectivity index (χ4n) is 4.09. The number of nitrogens with zero attached hydrogens (tertiary/aromatic N) is 2. The van der Waals surface area contributed by atoms with Crippen LogP contribution >= 0.6 is 11.3 Å². The third-order valence-corrected chi connectivity index (χ3v) is 9.18. The Balaban J connectivity index is 1.91. The first-order valence-corrected chi connectivity index (χ1v) is 14.3. The SMILES string of the molecule is CCc1ccc(Cn2c(-c3ccc(-c4cccc(S(=O)(=O)CC)c4)s3)cc(C(F)(F)F)c(C#N)c2=O)c(F)c1. The number of hydrogen-bond donors (Lipinski definition) is 0.